The summed E-state index contributed by atoms with van der Waals surface area (Å²) in [5.41, 5.74) is 2.66. The van der Waals surface area contributed by atoms with Gasteiger partial charge in [0.2, 0.25) is 0 Å². The van der Waals surface area contributed by atoms with E-state index in [-0.39, 0.29) is 18.7 Å². The van der Waals surface area contributed by atoms with Gasteiger partial charge >= 0.3 is 6.09 Å². The van der Waals surface area contributed by atoms with Crippen molar-refractivity contribution in [2.75, 3.05) is 6.54 Å². The number of hydrogen-bond acceptors (Lipinski definition) is 3. The average Bonchev–Trinajstić information content (AvgIpc) is 3.10. The van der Waals surface area contributed by atoms with Crippen molar-refractivity contribution in [1.29, 1.82) is 5.26 Å². The van der Waals surface area contributed by atoms with Gasteiger partial charge in [-0.15, -0.1) is 0 Å². The number of rotatable bonds is 3. The van der Waals surface area contributed by atoms with Crippen LogP contribution in [0.2, 0.25) is 0 Å². The van der Waals surface area contributed by atoms with E-state index < -0.39 is 0 Å². The van der Waals surface area contributed by atoms with Gasteiger partial charge in [0.25, 0.3) is 0 Å². The Labute approximate surface area is 135 Å². The Kier molecular flexibility index (Phi) is 4.58. The van der Waals surface area contributed by atoms with E-state index in [1.165, 1.54) is 0 Å². The summed E-state index contributed by atoms with van der Waals surface area (Å²) in [6.07, 6.45) is 1.61. The molecule has 1 heterocycles. The van der Waals surface area contributed by atoms with Crippen LogP contribution in [0.1, 0.15) is 35.6 Å². The van der Waals surface area contributed by atoms with E-state index in [4.69, 9.17) is 10.00 Å². The molecule has 4 nitrogen and oxygen atoms in total. The fourth-order valence-corrected chi connectivity index (χ4v) is 2.91. The molecule has 1 aliphatic heterocycles. The van der Waals surface area contributed by atoms with Crippen molar-refractivity contribution in [2.24, 2.45) is 0 Å². The molecule has 116 valence electrons. The number of ether oxygens (including phenoxy) is 1. The molecule has 0 aromatic heterocycles. The Hall–Kier alpha value is -2.80. The molecular weight excluding hydrogens is 288 g/mol. The number of nitriles is 1. The highest BCUT2D eigenvalue weighted by Gasteiger charge is 2.30. The number of nitrogens with zero attached hydrogens (tertiary/aromatic N) is 2. The first-order chi connectivity index (χ1) is 11.3. The highest BCUT2D eigenvalue weighted by atomic mass is 16.6. The van der Waals surface area contributed by atoms with Crippen molar-refractivity contribution >= 4 is 6.09 Å². The first kappa shape index (κ1) is 15.1. The Morgan fingerprint density at radius 2 is 1.91 bits per heavy atom. The van der Waals surface area contributed by atoms with E-state index in [1.807, 2.05) is 42.5 Å². The molecular formula is C19H18N2O2. The fraction of sp³-hybridized carbons (Fsp3) is 0.263. The van der Waals surface area contributed by atoms with Gasteiger partial charge in [-0.25, -0.2) is 4.79 Å². The zero-order chi connectivity index (χ0) is 16.1. The van der Waals surface area contributed by atoms with Gasteiger partial charge < -0.3 is 9.64 Å². The van der Waals surface area contributed by atoms with Crippen molar-refractivity contribution in [3.8, 4) is 6.07 Å². The Morgan fingerprint density at radius 3 is 2.61 bits per heavy atom. The topological polar surface area (TPSA) is 53.3 Å². The van der Waals surface area contributed by atoms with Crippen molar-refractivity contribution in [2.45, 2.75) is 25.5 Å². The van der Waals surface area contributed by atoms with Gasteiger partial charge in [-0.2, -0.15) is 5.26 Å². The second-order valence-electron chi connectivity index (χ2n) is 5.63. The van der Waals surface area contributed by atoms with E-state index in [9.17, 15) is 4.79 Å². The lowest BCUT2D eigenvalue weighted by Gasteiger charge is -2.24. The minimum Gasteiger partial charge on any atom is -0.445 e. The lowest BCUT2D eigenvalue weighted by molar-refractivity contribution is 0.0921. The fourth-order valence-electron chi connectivity index (χ4n) is 2.91. The molecule has 1 aliphatic rings. The summed E-state index contributed by atoms with van der Waals surface area (Å²) < 4.78 is 5.44. The molecule has 23 heavy (non-hydrogen) atoms. The summed E-state index contributed by atoms with van der Waals surface area (Å²) in [6.45, 7) is 0.995. The molecule has 1 unspecified atom stereocenters. The van der Waals surface area contributed by atoms with Crippen molar-refractivity contribution in [3.05, 3.63) is 71.3 Å². The average molecular weight is 306 g/mol. The summed E-state index contributed by atoms with van der Waals surface area (Å²) in [5.74, 6) is 0. The van der Waals surface area contributed by atoms with E-state index >= 15 is 0 Å². The SMILES string of the molecule is N#Cc1ccc(C2CCCN2C(=O)OCc2ccccc2)cc1. The van der Waals surface area contributed by atoms with Gasteiger partial charge in [-0.3, -0.25) is 0 Å². The van der Waals surface area contributed by atoms with Gasteiger partial charge in [0.1, 0.15) is 6.61 Å². The number of likely N-dealkylation sites (tertiary alicyclic amines) is 1. The molecule has 1 saturated heterocycles. The molecule has 2 aromatic carbocycles. The summed E-state index contributed by atoms with van der Waals surface area (Å²) in [5, 5.41) is 8.88. The monoisotopic (exact) mass is 306 g/mol. The minimum absolute atomic E-state index is 0.0333. The smallest absolute Gasteiger partial charge is 0.410 e. The number of hydrogen-bond donors (Lipinski definition) is 0. The number of carbonyl (C=O) groups is 1. The Morgan fingerprint density at radius 1 is 1.17 bits per heavy atom. The van der Waals surface area contributed by atoms with Gasteiger partial charge in [-0.1, -0.05) is 42.5 Å². The molecule has 1 atom stereocenters. The Bertz CT molecular complexity index is 704. The van der Waals surface area contributed by atoms with E-state index in [0.717, 1.165) is 24.0 Å². The molecule has 1 fully saturated rings. The predicted octanol–water partition coefficient (Wildman–Crippen LogP) is 4.03. The van der Waals surface area contributed by atoms with Gasteiger partial charge in [0.15, 0.2) is 0 Å². The van der Waals surface area contributed by atoms with Gasteiger partial charge in [0, 0.05) is 6.54 Å². The molecule has 4 heteroatoms. The molecule has 0 radical (unpaired) electrons. The van der Waals surface area contributed by atoms with E-state index in [0.29, 0.717) is 12.1 Å². The standard InChI is InChI=1S/C19H18N2O2/c20-13-15-8-10-17(11-9-15)18-7-4-12-21(18)19(22)23-14-16-5-2-1-3-6-16/h1-3,5-6,8-11,18H,4,7,12,14H2. The largest absolute Gasteiger partial charge is 0.445 e. The lowest BCUT2D eigenvalue weighted by Crippen LogP contribution is -2.31. The second-order valence-corrected chi connectivity index (χ2v) is 5.63. The van der Waals surface area contributed by atoms with Crippen LogP contribution >= 0.6 is 0 Å². The zero-order valence-electron chi connectivity index (χ0n) is 12.8. The summed E-state index contributed by atoms with van der Waals surface area (Å²) in [7, 11) is 0. The first-order valence-electron chi connectivity index (χ1n) is 7.75. The number of benzene rings is 2. The predicted molar refractivity (Wildman–Crippen MR) is 86.5 cm³/mol. The van der Waals surface area contributed by atoms with Crippen LogP contribution in [-0.4, -0.2) is 17.5 Å². The minimum atomic E-state index is -0.277. The van der Waals surface area contributed by atoms with Crippen LogP contribution in [0.3, 0.4) is 0 Å². The van der Waals surface area contributed by atoms with E-state index in [2.05, 4.69) is 6.07 Å². The molecule has 0 spiro atoms. The highest BCUT2D eigenvalue weighted by Crippen LogP contribution is 2.32. The summed E-state index contributed by atoms with van der Waals surface area (Å²) in [6, 6.07) is 19.3. The zero-order valence-corrected chi connectivity index (χ0v) is 12.8. The van der Waals surface area contributed by atoms with Crippen LogP contribution in [-0.2, 0) is 11.3 Å². The van der Waals surface area contributed by atoms with Crippen LogP contribution in [0.25, 0.3) is 0 Å². The molecule has 0 aliphatic carbocycles. The van der Waals surface area contributed by atoms with Crippen molar-refractivity contribution < 1.29 is 9.53 Å². The maximum absolute atomic E-state index is 12.4. The molecule has 0 saturated carbocycles. The van der Waals surface area contributed by atoms with Crippen molar-refractivity contribution in [3.63, 3.8) is 0 Å². The molecule has 2 aromatic rings. The molecule has 0 N–H and O–H groups in total. The number of carbonyl (C=O) groups excluding carboxylic acids is 1. The van der Waals surface area contributed by atoms with Crippen LogP contribution in [0.15, 0.2) is 54.6 Å². The van der Waals surface area contributed by atoms with E-state index in [1.54, 1.807) is 17.0 Å². The van der Waals surface area contributed by atoms with Gasteiger partial charge in [-0.05, 0) is 36.1 Å². The summed E-state index contributed by atoms with van der Waals surface area (Å²) >= 11 is 0. The van der Waals surface area contributed by atoms with Crippen LogP contribution < -0.4 is 0 Å². The van der Waals surface area contributed by atoms with Crippen molar-refractivity contribution in [1.82, 2.24) is 4.90 Å². The van der Waals surface area contributed by atoms with Crippen LogP contribution in [0.5, 0.6) is 0 Å². The third-order valence-electron chi connectivity index (χ3n) is 4.12. The van der Waals surface area contributed by atoms with Crippen LogP contribution in [0, 0.1) is 11.3 Å². The lowest BCUT2D eigenvalue weighted by atomic mass is 10.0. The molecule has 0 bridgehead atoms. The quantitative estimate of drug-likeness (QED) is 0.860. The molecule has 1 amide bonds. The highest BCUT2D eigenvalue weighted by molar-refractivity contribution is 5.68. The third-order valence-corrected chi connectivity index (χ3v) is 4.12. The van der Waals surface area contributed by atoms with Gasteiger partial charge in [0.05, 0.1) is 17.7 Å². The van der Waals surface area contributed by atoms with Crippen LogP contribution in [0.4, 0.5) is 4.79 Å². The Balaban J connectivity index is 1.65. The normalized spacial score (nSPS) is 16.8. The summed E-state index contributed by atoms with van der Waals surface area (Å²) in [4.78, 5) is 14.2. The molecule has 3 rings (SSSR count). The second kappa shape index (κ2) is 6.97. The number of amides is 1. The maximum atomic E-state index is 12.4. The third kappa shape index (κ3) is 3.51. The first-order valence-corrected chi connectivity index (χ1v) is 7.75. The maximum Gasteiger partial charge on any atom is 0.410 e.